The maximum atomic E-state index is 9.18. The van der Waals surface area contributed by atoms with Gasteiger partial charge in [-0.3, -0.25) is 0 Å². The largest absolute Gasteiger partial charge is 0.192 e. The Kier molecular flexibility index (Phi) is 6.00. The van der Waals surface area contributed by atoms with Crippen molar-refractivity contribution in [1.29, 1.82) is 10.5 Å². The number of rotatable bonds is 4. The fraction of sp³-hybridized carbons (Fsp3) is 0. The van der Waals surface area contributed by atoms with Crippen molar-refractivity contribution >= 4 is 40.2 Å². The average Bonchev–Trinajstić information content (AvgIpc) is 2.72. The number of halogens is 1. The number of benzene rings is 3. The van der Waals surface area contributed by atoms with Crippen LogP contribution in [0.5, 0.6) is 0 Å². The predicted octanol–water partition coefficient (Wildman–Crippen LogP) is 6.53. The van der Waals surface area contributed by atoms with E-state index in [2.05, 4.69) is 28.1 Å². The van der Waals surface area contributed by atoms with Gasteiger partial charge in [0.05, 0.1) is 23.3 Å². The molecule has 27 heavy (non-hydrogen) atoms. The standard InChI is InChI=1S/C24H15BrN2/c25-24-15-18(9-11-19-5-1-3-7-22(19)16-26)10-12-21(24)14-13-20-6-2-4-8-23(20)17-27/h1-15H/b11-9+,14-13+. The summed E-state index contributed by atoms with van der Waals surface area (Å²) in [6, 6.07) is 25.5. The molecule has 0 atom stereocenters. The summed E-state index contributed by atoms with van der Waals surface area (Å²) in [5.74, 6) is 0. The molecule has 0 unspecified atom stereocenters. The predicted molar refractivity (Wildman–Crippen MR) is 114 cm³/mol. The van der Waals surface area contributed by atoms with E-state index < -0.39 is 0 Å². The van der Waals surface area contributed by atoms with Crippen LogP contribution in [0.2, 0.25) is 0 Å². The summed E-state index contributed by atoms with van der Waals surface area (Å²) in [5, 5.41) is 18.3. The Morgan fingerprint density at radius 2 is 1.15 bits per heavy atom. The monoisotopic (exact) mass is 410 g/mol. The van der Waals surface area contributed by atoms with E-state index in [4.69, 9.17) is 5.26 Å². The summed E-state index contributed by atoms with van der Waals surface area (Å²) in [7, 11) is 0. The van der Waals surface area contributed by atoms with Gasteiger partial charge in [-0.05, 0) is 40.5 Å². The molecule has 128 valence electrons. The molecule has 0 saturated heterocycles. The first-order chi connectivity index (χ1) is 13.2. The van der Waals surface area contributed by atoms with Gasteiger partial charge in [-0.2, -0.15) is 10.5 Å². The van der Waals surface area contributed by atoms with Crippen molar-refractivity contribution in [3.05, 3.63) is 105 Å². The number of hydrogen-bond acceptors (Lipinski definition) is 2. The Morgan fingerprint density at radius 1 is 0.630 bits per heavy atom. The summed E-state index contributed by atoms with van der Waals surface area (Å²) in [6.45, 7) is 0. The van der Waals surface area contributed by atoms with Crippen molar-refractivity contribution in [2.24, 2.45) is 0 Å². The van der Waals surface area contributed by atoms with Gasteiger partial charge in [-0.1, -0.05) is 88.8 Å². The molecule has 0 N–H and O–H groups in total. The zero-order chi connectivity index (χ0) is 19.1. The molecule has 0 radical (unpaired) electrons. The summed E-state index contributed by atoms with van der Waals surface area (Å²) in [5.41, 5.74) is 5.16. The summed E-state index contributed by atoms with van der Waals surface area (Å²) in [6.07, 6.45) is 7.86. The molecule has 0 aliphatic rings. The second-order valence-corrected chi connectivity index (χ2v) is 6.70. The smallest absolute Gasteiger partial charge is 0.0997 e. The lowest BCUT2D eigenvalue weighted by Crippen LogP contribution is -1.82. The third-order valence-corrected chi connectivity index (χ3v) is 4.77. The van der Waals surface area contributed by atoms with Crippen LogP contribution in [0, 0.1) is 22.7 Å². The molecule has 3 aromatic rings. The molecular weight excluding hydrogens is 396 g/mol. The first-order valence-electron chi connectivity index (χ1n) is 8.35. The lowest BCUT2D eigenvalue weighted by molar-refractivity contribution is 1.47. The van der Waals surface area contributed by atoms with Gasteiger partial charge >= 0.3 is 0 Å². The summed E-state index contributed by atoms with van der Waals surface area (Å²) in [4.78, 5) is 0. The number of nitriles is 2. The van der Waals surface area contributed by atoms with Crippen LogP contribution >= 0.6 is 15.9 Å². The molecule has 0 heterocycles. The fourth-order valence-electron chi connectivity index (χ4n) is 2.64. The van der Waals surface area contributed by atoms with Crippen LogP contribution in [0.15, 0.2) is 71.2 Å². The van der Waals surface area contributed by atoms with Gasteiger partial charge in [0.2, 0.25) is 0 Å². The second kappa shape index (κ2) is 8.81. The molecule has 0 aromatic heterocycles. The van der Waals surface area contributed by atoms with Crippen molar-refractivity contribution in [2.75, 3.05) is 0 Å². The molecule has 3 heteroatoms. The van der Waals surface area contributed by atoms with Gasteiger partial charge in [0, 0.05) is 4.47 Å². The molecular formula is C24H15BrN2. The van der Waals surface area contributed by atoms with Gasteiger partial charge in [0.25, 0.3) is 0 Å². The van der Waals surface area contributed by atoms with Crippen molar-refractivity contribution in [3.63, 3.8) is 0 Å². The van der Waals surface area contributed by atoms with Gasteiger partial charge < -0.3 is 0 Å². The first-order valence-corrected chi connectivity index (χ1v) is 9.14. The molecule has 0 bridgehead atoms. The Balaban J connectivity index is 1.82. The Labute approximate surface area is 167 Å². The van der Waals surface area contributed by atoms with E-state index in [9.17, 15) is 5.26 Å². The van der Waals surface area contributed by atoms with Crippen LogP contribution in [0.25, 0.3) is 24.3 Å². The molecule has 0 fully saturated rings. The summed E-state index contributed by atoms with van der Waals surface area (Å²) >= 11 is 3.61. The molecule has 2 nitrogen and oxygen atoms in total. The quantitative estimate of drug-likeness (QED) is 0.458. The lowest BCUT2D eigenvalue weighted by Gasteiger charge is -2.02. The van der Waals surface area contributed by atoms with E-state index in [0.717, 1.165) is 26.7 Å². The SMILES string of the molecule is N#Cc1ccccc1/C=C/c1ccc(/C=C/c2ccccc2C#N)c(Br)c1. The van der Waals surface area contributed by atoms with Gasteiger partial charge in [0.1, 0.15) is 0 Å². The number of nitrogens with zero attached hydrogens (tertiary/aromatic N) is 2. The lowest BCUT2D eigenvalue weighted by atomic mass is 10.0. The van der Waals surface area contributed by atoms with Crippen LogP contribution < -0.4 is 0 Å². The van der Waals surface area contributed by atoms with Crippen LogP contribution in [-0.2, 0) is 0 Å². The molecule has 0 saturated carbocycles. The minimum Gasteiger partial charge on any atom is -0.192 e. The molecule has 0 spiro atoms. The Hall–Kier alpha value is -3.40. The highest BCUT2D eigenvalue weighted by molar-refractivity contribution is 9.10. The van der Waals surface area contributed by atoms with E-state index in [0.29, 0.717) is 11.1 Å². The van der Waals surface area contributed by atoms with Crippen molar-refractivity contribution in [3.8, 4) is 12.1 Å². The molecule has 0 amide bonds. The highest BCUT2D eigenvalue weighted by atomic mass is 79.9. The highest BCUT2D eigenvalue weighted by Gasteiger charge is 2.00. The Morgan fingerprint density at radius 3 is 1.70 bits per heavy atom. The van der Waals surface area contributed by atoms with Crippen molar-refractivity contribution in [2.45, 2.75) is 0 Å². The van der Waals surface area contributed by atoms with E-state index in [1.807, 2.05) is 91.0 Å². The topological polar surface area (TPSA) is 47.6 Å². The van der Waals surface area contributed by atoms with Crippen LogP contribution in [0.1, 0.15) is 33.4 Å². The van der Waals surface area contributed by atoms with Gasteiger partial charge in [-0.15, -0.1) is 0 Å². The van der Waals surface area contributed by atoms with Gasteiger partial charge in [-0.25, -0.2) is 0 Å². The molecule has 3 aromatic carbocycles. The maximum Gasteiger partial charge on any atom is 0.0997 e. The van der Waals surface area contributed by atoms with E-state index in [1.54, 1.807) is 0 Å². The summed E-state index contributed by atoms with van der Waals surface area (Å²) < 4.78 is 0.962. The van der Waals surface area contributed by atoms with Crippen LogP contribution in [0.3, 0.4) is 0 Å². The highest BCUT2D eigenvalue weighted by Crippen LogP contribution is 2.23. The third-order valence-electron chi connectivity index (χ3n) is 4.08. The minimum atomic E-state index is 0.653. The third kappa shape index (κ3) is 4.61. The zero-order valence-electron chi connectivity index (χ0n) is 14.4. The second-order valence-electron chi connectivity index (χ2n) is 5.85. The van der Waals surface area contributed by atoms with E-state index in [-0.39, 0.29) is 0 Å². The van der Waals surface area contributed by atoms with E-state index in [1.165, 1.54) is 0 Å². The minimum absolute atomic E-state index is 0.653. The van der Waals surface area contributed by atoms with Crippen LogP contribution in [0.4, 0.5) is 0 Å². The number of hydrogen-bond donors (Lipinski definition) is 0. The van der Waals surface area contributed by atoms with Crippen molar-refractivity contribution < 1.29 is 0 Å². The van der Waals surface area contributed by atoms with Crippen LogP contribution in [-0.4, -0.2) is 0 Å². The first kappa shape index (κ1) is 18.4. The van der Waals surface area contributed by atoms with E-state index >= 15 is 0 Å². The average molecular weight is 411 g/mol. The Bertz CT molecular complexity index is 1110. The molecule has 0 aliphatic carbocycles. The zero-order valence-corrected chi connectivity index (χ0v) is 16.0. The fourth-order valence-corrected chi connectivity index (χ4v) is 3.16. The van der Waals surface area contributed by atoms with Gasteiger partial charge in [0.15, 0.2) is 0 Å². The normalized spacial score (nSPS) is 10.8. The molecule has 3 rings (SSSR count). The van der Waals surface area contributed by atoms with Crippen molar-refractivity contribution in [1.82, 2.24) is 0 Å². The molecule has 0 aliphatic heterocycles. The maximum absolute atomic E-state index is 9.18.